The molecule has 1 saturated heterocycles. The van der Waals surface area contributed by atoms with E-state index in [2.05, 4.69) is 15.3 Å². The molecule has 158 valence electrons. The molecule has 0 radical (unpaired) electrons. The third-order valence-corrected chi connectivity index (χ3v) is 5.61. The second kappa shape index (κ2) is 8.45. The molecule has 0 atom stereocenters. The summed E-state index contributed by atoms with van der Waals surface area (Å²) in [5, 5.41) is 2.65. The Morgan fingerprint density at radius 3 is 2.65 bits per heavy atom. The van der Waals surface area contributed by atoms with Gasteiger partial charge < -0.3 is 11.1 Å². The summed E-state index contributed by atoms with van der Waals surface area (Å²) in [4.78, 5) is 15.2. The highest BCUT2D eigenvalue weighted by Crippen LogP contribution is 2.30. The van der Waals surface area contributed by atoms with Gasteiger partial charge in [-0.1, -0.05) is 12.1 Å². The quantitative estimate of drug-likeness (QED) is 0.518. The van der Waals surface area contributed by atoms with Crippen molar-refractivity contribution in [3.8, 4) is 17.1 Å². The molecule has 0 saturated carbocycles. The third kappa shape index (κ3) is 3.89. The Kier molecular flexibility index (Phi) is 4.00. The molecule has 0 amide bonds. The Bertz CT molecular complexity index is 1360. The minimum atomic E-state index is -2.19. The summed E-state index contributed by atoms with van der Waals surface area (Å²) < 4.78 is 41.7. The topological polar surface area (TPSA) is 84.9 Å². The average Bonchev–Trinajstić information content (AvgIpc) is 3.23. The number of hydrogen-bond acceptors (Lipinski definition) is 6. The first-order valence-electron chi connectivity index (χ1n) is 12.8. The van der Waals surface area contributed by atoms with Gasteiger partial charge in [0.2, 0.25) is 0 Å². The molecule has 7 nitrogen and oxygen atoms in total. The molecule has 1 aliphatic heterocycles. The molecule has 1 aliphatic rings. The molecule has 7 heteroatoms. The average molecular weight is 419 g/mol. The Balaban J connectivity index is 1.44. The van der Waals surface area contributed by atoms with E-state index in [-0.39, 0.29) is 6.04 Å². The first kappa shape index (κ1) is 14.7. The summed E-state index contributed by atoms with van der Waals surface area (Å²) in [6, 6.07) is 14.5. The van der Waals surface area contributed by atoms with Crippen molar-refractivity contribution in [1.82, 2.24) is 29.7 Å². The molecular weight excluding hydrogens is 386 g/mol. The minimum Gasteiger partial charge on any atom is -0.383 e. The lowest BCUT2D eigenvalue weighted by Crippen LogP contribution is -2.40. The molecule has 31 heavy (non-hydrogen) atoms. The molecule has 4 heterocycles. The first-order chi connectivity index (χ1) is 17.1. The van der Waals surface area contributed by atoms with Crippen LogP contribution < -0.4 is 11.1 Å². The molecule has 0 aliphatic carbocycles. The van der Waals surface area contributed by atoms with Crippen LogP contribution in [0.25, 0.3) is 28.2 Å². The number of nitrogens with two attached hydrogens (primary N) is 1. The number of nitrogens with one attached hydrogen (secondary N) is 1. The predicted molar refractivity (Wildman–Crippen MR) is 124 cm³/mol. The van der Waals surface area contributed by atoms with E-state index in [0.29, 0.717) is 59.9 Å². The fourth-order valence-corrected chi connectivity index (χ4v) is 3.95. The summed E-state index contributed by atoms with van der Waals surface area (Å²) in [6.45, 7) is -2.96. The van der Waals surface area contributed by atoms with Crippen molar-refractivity contribution in [1.29, 1.82) is 0 Å². The van der Waals surface area contributed by atoms with Crippen LogP contribution in [0.2, 0.25) is 0 Å². The number of likely N-dealkylation sites (tertiary alicyclic amines) is 1. The molecule has 0 unspecified atom stereocenters. The van der Waals surface area contributed by atoms with Gasteiger partial charge in [0.25, 0.3) is 0 Å². The number of fused-ring (bicyclic) bond motifs is 1. The van der Waals surface area contributed by atoms with E-state index in [1.165, 1.54) is 0 Å². The zero-order valence-corrected chi connectivity index (χ0v) is 17.0. The van der Waals surface area contributed by atoms with Gasteiger partial charge in [-0.3, -0.25) is 9.47 Å². The summed E-state index contributed by atoms with van der Waals surface area (Å²) >= 11 is 0. The Morgan fingerprint density at radius 2 is 1.87 bits per heavy atom. The van der Waals surface area contributed by atoms with Gasteiger partial charge >= 0.3 is 0 Å². The van der Waals surface area contributed by atoms with Crippen molar-refractivity contribution in [3.63, 3.8) is 0 Å². The fourth-order valence-electron chi connectivity index (χ4n) is 3.95. The van der Waals surface area contributed by atoms with Gasteiger partial charge in [-0.15, -0.1) is 0 Å². The van der Waals surface area contributed by atoms with Gasteiger partial charge in [0.15, 0.2) is 11.5 Å². The van der Waals surface area contributed by atoms with E-state index in [1.807, 2.05) is 34.9 Å². The minimum absolute atomic E-state index is 0.146. The van der Waals surface area contributed by atoms with Crippen molar-refractivity contribution in [2.45, 2.75) is 25.4 Å². The van der Waals surface area contributed by atoms with Crippen LogP contribution in [0.5, 0.6) is 0 Å². The van der Waals surface area contributed by atoms with Crippen LogP contribution in [0.1, 0.15) is 25.3 Å². The Morgan fingerprint density at radius 1 is 1.10 bits per heavy atom. The molecule has 3 aromatic heterocycles. The van der Waals surface area contributed by atoms with Gasteiger partial charge in [0.1, 0.15) is 11.3 Å². The summed E-state index contributed by atoms with van der Waals surface area (Å²) in [5.41, 5.74) is 9.51. The standard InChI is InChI=1S/C24H27N7/c1-26-18-10-14-30(15-11-18)16-17-6-8-19(9-7-17)31-23(20-4-2-12-27-22(20)25)29-21-5-3-13-28-24(21)31/h2-9,12-13,18,26H,10-11,14-16H2,1H3,(H2,25,27)/i1D3,16D2. The summed E-state index contributed by atoms with van der Waals surface area (Å²) in [5.74, 6) is 0.965. The summed E-state index contributed by atoms with van der Waals surface area (Å²) in [7, 11) is 0. The molecule has 4 aromatic rings. The van der Waals surface area contributed by atoms with E-state index < -0.39 is 13.5 Å². The maximum atomic E-state index is 8.79. The van der Waals surface area contributed by atoms with E-state index >= 15 is 0 Å². The SMILES string of the molecule is [2H]C([2H])([2H])NC1CCN(C([2H])([2H])c2ccc(-n3c(-c4cccnc4N)nc4cccnc43)cc2)CC1. The summed E-state index contributed by atoms with van der Waals surface area (Å²) in [6.07, 6.45) is 4.47. The molecular formula is C24H27N7. The molecule has 0 bridgehead atoms. The number of imidazole rings is 1. The van der Waals surface area contributed by atoms with Gasteiger partial charge in [0, 0.05) is 37.5 Å². The maximum absolute atomic E-state index is 8.79. The number of benzene rings is 1. The van der Waals surface area contributed by atoms with Gasteiger partial charge in [-0.25, -0.2) is 15.0 Å². The fraction of sp³-hybridized carbons (Fsp3) is 0.292. The Hall–Kier alpha value is -3.29. The lowest BCUT2D eigenvalue weighted by molar-refractivity contribution is 0.194. The lowest BCUT2D eigenvalue weighted by atomic mass is 10.0. The second-order valence-electron chi connectivity index (χ2n) is 7.62. The van der Waals surface area contributed by atoms with Crippen molar-refractivity contribution < 1.29 is 6.85 Å². The van der Waals surface area contributed by atoms with Crippen LogP contribution in [0.3, 0.4) is 0 Å². The Labute approximate surface area is 189 Å². The van der Waals surface area contributed by atoms with Crippen molar-refractivity contribution in [2.24, 2.45) is 0 Å². The monoisotopic (exact) mass is 418 g/mol. The number of nitrogen functional groups attached to an aromatic ring is 1. The number of hydrogen-bond donors (Lipinski definition) is 2. The van der Waals surface area contributed by atoms with Crippen LogP contribution in [0, 0.1) is 0 Å². The van der Waals surface area contributed by atoms with Gasteiger partial charge in [-0.05, 0) is 74.9 Å². The predicted octanol–water partition coefficient (Wildman–Crippen LogP) is 3.25. The molecule has 1 aromatic carbocycles. The van der Waals surface area contributed by atoms with Crippen molar-refractivity contribution >= 4 is 17.0 Å². The highest BCUT2D eigenvalue weighted by atomic mass is 15.1. The van der Waals surface area contributed by atoms with Crippen LogP contribution in [0.4, 0.5) is 5.82 Å². The van der Waals surface area contributed by atoms with Crippen LogP contribution in [0.15, 0.2) is 60.9 Å². The number of rotatable bonds is 5. The molecule has 3 N–H and O–H groups in total. The van der Waals surface area contributed by atoms with E-state index in [9.17, 15) is 0 Å². The van der Waals surface area contributed by atoms with Crippen molar-refractivity contribution in [3.05, 3.63) is 66.5 Å². The van der Waals surface area contributed by atoms with E-state index in [4.69, 9.17) is 17.6 Å². The number of aromatic nitrogens is 4. The van der Waals surface area contributed by atoms with Gasteiger partial charge in [-0.2, -0.15) is 0 Å². The van der Waals surface area contributed by atoms with Crippen LogP contribution >= 0.6 is 0 Å². The smallest absolute Gasteiger partial charge is 0.164 e. The normalized spacial score (nSPS) is 18.8. The molecule has 1 fully saturated rings. The first-order valence-corrected chi connectivity index (χ1v) is 10.3. The van der Waals surface area contributed by atoms with E-state index in [1.54, 1.807) is 35.5 Å². The number of anilines is 1. The zero-order valence-electron chi connectivity index (χ0n) is 22.0. The van der Waals surface area contributed by atoms with Crippen LogP contribution in [-0.2, 0) is 6.50 Å². The van der Waals surface area contributed by atoms with Gasteiger partial charge in [0.05, 0.1) is 5.56 Å². The maximum Gasteiger partial charge on any atom is 0.164 e. The highest BCUT2D eigenvalue weighted by molar-refractivity contribution is 5.82. The largest absolute Gasteiger partial charge is 0.383 e. The number of nitrogens with zero attached hydrogens (tertiary/aromatic N) is 5. The van der Waals surface area contributed by atoms with E-state index in [0.717, 1.165) is 5.69 Å². The number of pyridine rings is 2. The second-order valence-corrected chi connectivity index (χ2v) is 7.62. The van der Waals surface area contributed by atoms with Crippen molar-refractivity contribution in [2.75, 3.05) is 25.8 Å². The molecule has 0 spiro atoms. The molecule has 5 rings (SSSR count). The lowest BCUT2D eigenvalue weighted by Gasteiger charge is -2.31. The third-order valence-electron chi connectivity index (χ3n) is 5.61. The van der Waals surface area contributed by atoms with Crippen LogP contribution in [-0.4, -0.2) is 50.5 Å². The number of piperidine rings is 1. The zero-order chi connectivity index (χ0) is 25.5. The highest BCUT2D eigenvalue weighted by Gasteiger charge is 2.19.